The number of rotatable bonds is 7. The van der Waals surface area contributed by atoms with Gasteiger partial charge in [0, 0.05) is 18.0 Å². The van der Waals surface area contributed by atoms with Gasteiger partial charge in [0.1, 0.15) is 17.1 Å². The van der Waals surface area contributed by atoms with Gasteiger partial charge in [-0.05, 0) is 38.0 Å². The molecule has 0 spiro atoms. The molecule has 21 heavy (non-hydrogen) atoms. The van der Waals surface area contributed by atoms with Crippen molar-refractivity contribution >= 4 is 0 Å². The molecule has 0 amide bonds. The molecule has 2 N–H and O–H groups in total. The highest BCUT2D eigenvalue weighted by Gasteiger charge is 2.35. The number of benzene rings is 1. The first kappa shape index (κ1) is 16.2. The Morgan fingerprint density at radius 3 is 2.76 bits per heavy atom. The van der Waals surface area contributed by atoms with E-state index >= 15 is 0 Å². The van der Waals surface area contributed by atoms with E-state index < -0.39 is 0 Å². The van der Waals surface area contributed by atoms with E-state index in [0.717, 1.165) is 29.9 Å². The van der Waals surface area contributed by atoms with Crippen molar-refractivity contribution in [1.29, 1.82) is 0 Å². The third-order valence-corrected chi connectivity index (χ3v) is 4.43. The van der Waals surface area contributed by atoms with Crippen LogP contribution in [0.1, 0.15) is 70.4 Å². The first-order chi connectivity index (χ1) is 10.1. The van der Waals surface area contributed by atoms with Crippen LogP contribution in [0, 0.1) is 0 Å². The van der Waals surface area contributed by atoms with Crippen molar-refractivity contribution in [1.82, 2.24) is 0 Å². The van der Waals surface area contributed by atoms with Crippen molar-refractivity contribution < 1.29 is 9.47 Å². The molecule has 1 heterocycles. The standard InChI is InChI=1S/C18H29NO2/c1-4-5-6-7-8-11-18(2)13-16(19)15-12-14(20-3)9-10-17(15)21-18/h9-10,12,16H,4-8,11,13,19H2,1-3H3/t16-,18?/m0/s1. The summed E-state index contributed by atoms with van der Waals surface area (Å²) in [5, 5.41) is 0. The SMILES string of the molecule is CCCCCCCC1(C)C[C@H](N)c2cc(OC)ccc2O1. The maximum Gasteiger partial charge on any atom is 0.125 e. The largest absolute Gasteiger partial charge is 0.497 e. The molecule has 0 aromatic heterocycles. The molecule has 118 valence electrons. The molecule has 0 saturated carbocycles. The Hall–Kier alpha value is -1.22. The van der Waals surface area contributed by atoms with Crippen molar-refractivity contribution in [3.63, 3.8) is 0 Å². The summed E-state index contributed by atoms with van der Waals surface area (Å²) in [5.74, 6) is 1.77. The number of methoxy groups -OCH3 is 1. The zero-order valence-electron chi connectivity index (χ0n) is 13.7. The van der Waals surface area contributed by atoms with E-state index in [4.69, 9.17) is 15.2 Å². The second kappa shape index (κ2) is 7.17. The van der Waals surface area contributed by atoms with Crippen molar-refractivity contribution in [2.24, 2.45) is 5.73 Å². The second-order valence-electron chi connectivity index (χ2n) is 6.43. The molecule has 1 unspecified atom stereocenters. The molecule has 0 fully saturated rings. The highest BCUT2D eigenvalue weighted by Crippen LogP contribution is 2.42. The Labute approximate surface area is 128 Å². The number of ether oxygens (including phenoxy) is 2. The predicted octanol–water partition coefficient (Wildman–Crippen LogP) is 4.60. The van der Waals surface area contributed by atoms with Gasteiger partial charge in [-0.1, -0.05) is 32.6 Å². The third kappa shape index (κ3) is 4.13. The van der Waals surface area contributed by atoms with Crippen LogP contribution in [0.15, 0.2) is 18.2 Å². The van der Waals surface area contributed by atoms with Gasteiger partial charge in [-0.15, -0.1) is 0 Å². The van der Waals surface area contributed by atoms with Gasteiger partial charge in [0.2, 0.25) is 0 Å². The van der Waals surface area contributed by atoms with E-state index in [1.807, 2.05) is 18.2 Å². The lowest BCUT2D eigenvalue weighted by Gasteiger charge is -2.39. The molecular formula is C18H29NO2. The van der Waals surface area contributed by atoms with Gasteiger partial charge in [-0.2, -0.15) is 0 Å². The maximum absolute atomic E-state index is 6.36. The van der Waals surface area contributed by atoms with Crippen molar-refractivity contribution in [2.45, 2.75) is 70.4 Å². The Morgan fingerprint density at radius 2 is 2.05 bits per heavy atom. The molecule has 3 nitrogen and oxygen atoms in total. The fourth-order valence-electron chi connectivity index (χ4n) is 3.17. The number of nitrogens with two attached hydrogens (primary N) is 1. The highest BCUT2D eigenvalue weighted by molar-refractivity contribution is 5.44. The van der Waals surface area contributed by atoms with E-state index in [1.54, 1.807) is 7.11 Å². The molecular weight excluding hydrogens is 262 g/mol. The average molecular weight is 291 g/mol. The normalized spacial score (nSPS) is 24.3. The summed E-state index contributed by atoms with van der Waals surface area (Å²) in [6, 6.07) is 5.96. The molecule has 0 saturated heterocycles. The van der Waals surface area contributed by atoms with Crippen molar-refractivity contribution in [3.05, 3.63) is 23.8 Å². The van der Waals surface area contributed by atoms with E-state index in [0.29, 0.717) is 0 Å². The van der Waals surface area contributed by atoms with Crippen LogP contribution in [0.25, 0.3) is 0 Å². The van der Waals surface area contributed by atoms with Crippen LogP contribution < -0.4 is 15.2 Å². The summed E-state index contributed by atoms with van der Waals surface area (Å²) in [6.07, 6.45) is 8.41. The van der Waals surface area contributed by atoms with Gasteiger partial charge in [0.25, 0.3) is 0 Å². The highest BCUT2D eigenvalue weighted by atomic mass is 16.5. The van der Waals surface area contributed by atoms with Gasteiger partial charge in [-0.25, -0.2) is 0 Å². The summed E-state index contributed by atoms with van der Waals surface area (Å²) >= 11 is 0. The average Bonchev–Trinajstić information content (AvgIpc) is 2.46. The Morgan fingerprint density at radius 1 is 1.29 bits per heavy atom. The smallest absolute Gasteiger partial charge is 0.125 e. The Balaban J connectivity index is 1.98. The minimum atomic E-state index is -0.132. The van der Waals surface area contributed by atoms with Gasteiger partial charge in [0.15, 0.2) is 0 Å². The second-order valence-corrected chi connectivity index (χ2v) is 6.43. The zero-order chi connectivity index (χ0) is 15.3. The summed E-state index contributed by atoms with van der Waals surface area (Å²) in [7, 11) is 1.68. The molecule has 2 atom stereocenters. The topological polar surface area (TPSA) is 44.5 Å². The number of unbranched alkanes of at least 4 members (excludes halogenated alkanes) is 4. The van der Waals surface area contributed by atoms with Crippen LogP contribution in [0.2, 0.25) is 0 Å². The van der Waals surface area contributed by atoms with E-state index in [9.17, 15) is 0 Å². The van der Waals surface area contributed by atoms with E-state index in [1.165, 1.54) is 32.1 Å². The molecule has 3 heteroatoms. The maximum atomic E-state index is 6.36. The van der Waals surface area contributed by atoms with Crippen molar-refractivity contribution in [3.8, 4) is 11.5 Å². The Bertz CT molecular complexity index is 461. The van der Waals surface area contributed by atoms with Crippen LogP contribution >= 0.6 is 0 Å². The molecule has 1 aliphatic heterocycles. The van der Waals surface area contributed by atoms with Gasteiger partial charge in [-0.3, -0.25) is 0 Å². The lowest BCUT2D eigenvalue weighted by Crippen LogP contribution is -2.40. The van der Waals surface area contributed by atoms with Crippen LogP contribution in [-0.4, -0.2) is 12.7 Å². The molecule has 0 aliphatic carbocycles. The van der Waals surface area contributed by atoms with Gasteiger partial charge in [0.05, 0.1) is 7.11 Å². The lowest BCUT2D eigenvalue weighted by molar-refractivity contribution is 0.0428. The summed E-state index contributed by atoms with van der Waals surface area (Å²) in [5.41, 5.74) is 7.30. The monoisotopic (exact) mass is 291 g/mol. The molecule has 0 bridgehead atoms. The van der Waals surface area contributed by atoms with E-state index in [-0.39, 0.29) is 11.6 Å². The minimum absolute atomic E-state index is 0.0319. The Kier molecular flexibility index (Phi) is 5.51. The first-order valence-corrected chi connectivity index (χ1v) is 8.20. The van der Waals surface area contributed by atoms with Crippen molar-refractivity contribution in [2.75, 3.05) is 7.11 Å². The predicted molar refractivity (Wildman–Crippen MR) is 86.9 cm³/mol. The molecule has 1 aromatic carbocycles. The lowest BCUT2D eigenvalue weighted by atomic mass is 9.85. The number of fused-ring (bicyclic) bond motifs is 1. The summed E-state index contributed by atoms with van der Waals surface area (Å²) < 4.78 is 11.5. The molecule has 1 aliphatic rings. The van der Waals surface area contributed by atoms with Crippen LogP contribution in [0.3, 0.4) is 0 Å². The zero-order valence-corrected chi connectivity index (χ0v) is 13.7. The minimum Gasteiger partial charge on any atom is -0.497 e. The van der Waals surface area contributed by atoms with Crippen LogP contribution in [-0.2, 0) is 0 Å². The summed E-state index contributed by atoms with van der Waals surface area (Å²) in [4.78, 5) is 0. The number of hydrogen-bond acceptors (Lipinski definition) is 3. The quantitative estimate of drug-likeness (QED) is 0.747. The molecule has 0 radical (unpaired) electrons. The van der Waals surface area contributed by atoms with Gasteiger partial charge < -0.3 is 15.2 Å². The van der Waals surface area contributed by atoms with Crippen LogP contribution in [0.4, 0.5) is 0 Å². The summed E-state index contributed by atoms with van der Waals surface area (Å²) in [6.45, 7) is 4.44. The third-order valence-electron chi connectivity index (χ3n) is 4.43. The molecule has 2 rings (SSSR count). The fourth-order valence-corrected chi connectivity index (χ4v) is 3.17. The first-order valence-electron chi connectivity index (χ1n) is 8.20. The van der Waals surface area contributed by atoms with Gasteiger partial charge >= 0.3 is 0 Å². The number of hydrogen-bond donors (Lipinski definition) is 1. The van der Waals surface area contributed by atoms with Crippen LogP contribution in [0.5, 0.6) is 11.5 Å². The van der Waals surface area contributed by atoms with E-state index in [2.05, 4.69) is 13.8 Å². The molecule has 1 aromatic rings. The fraction of sp³-hybridized carbons (Fsp3) is 0.667.